The smallest absolute Gasteiger partial charge is 0.259 e. The highest BCUT2D eigenvalue weighted by Crippen LogP contribution is 2.17. The fraction of sp³-hybridized carbons (Fsp3) is 0.318. The van der Waals surface area contributed by atoms with Crippen molar-refractivity contribution < 1.29 is 19.1 Å². The Kier molecular flexibility index (Phi) is 6.90. The van der Waals surface area contributed by atoms with Crippen LogP contribution in [-0.4, -0.2) is 63.0 Å². The third kappa shape index (κ3) is 5.73. The number of nitrogens with one attached hydrogen (secondary N) is 2. The largest absolute Gasteiger partial charge is 0.484 e. The minimum Gasteiger partial charge on any atom is -0.484 e. The molecule has 30 heavy (non-hydrogen) atoms. The zero-order chi connectivity index (χ0) is 21.5. The highest BCUT2D eigenvalue weighted by Gasteiger charge is 2.16. The number of benzene rings is 2. The lowest BCUT2D eigenvalue weighted by Crippen LogP contribution is -2.47. The molecule has 8 heteroatoms. The molecule has 0 atom stereocenters. The number of hydrogen-bond donors (Lipinski definition) is 2. The van der Waals surface area contributed by atoms with E-state index in [9.17, 15) is 14.4 Å². The topological polar surface area (TPSA) is 91.0 Å². The first-order chi connectivity index (χ1) is 14.4. The summed E-state index contributed by atoms with van der Waals surface area (Å²) in [7, 11) is 3.32. The van der Waals surface area contributed by atoms with Crippen molar-refractivity contribution in [2.45, 2.75) is 6.54 Å². The molecule has 0 unspecified atom stereocenters. The van der Waals surface area contributed by atoms with Crippen molar-refractivity contribution in [3.05, 3.63) is 59.7 Å². The molecule has 0 bridgehead atoms. The van der Waals surface area contributed by atoms with Crippen LogP contribution in [0.1, 0.15) is 15.9 Å². The Morgan fingerprint density at radius 1 is 1.17 bits per heavy atom. The van der Waals surface area contributed by atoms with Gasteiger partial charge in [-0.1, -0.05) is 18.2 Å². The van der Waals surface area contributed by atoms with Crippen molar-refractivity contribution in [1.82, 2.24) is 15.5 Å². The van der Waals surface area contributed by atoms with Gasteiger partial charge >= 0.3 is 0 Å². The number of rotatable bonds is 7. The molecule has 1 heterocycles. The minimum atomic E-state index is -0.226. The van der Waals surface area contributed by atoms with Crippen LogP contribution in [0.25, 0.3) is 0 Å². The van der Waals surface area contributed by atoms with E-state index in [-0.39, 0.29) is 24.3 Å². The fourth-order valence-corrected chi connectivity index (χ4v) is 2.97. The van der Waals surface area contributed by atoms with Crippen LogP contribution in [-0.2, 0) is 16.1 Å². The summed E-state index contributed by atoms with van der Waals surface area (Å²) in [6.45, 7) is 2.07. The van der Waals surface area contributed by atoms with Gasteiger partial charge in [-0.25, -0.2) is 0 Å². The van der Waals surface area contributed by atoms with Gasteiger partial charge in [0.25, 0.3) is 11.8 Å². The van der Waals surface area contributed by atoms with Crippen LogP contribution in [0.5, 0.6) is 5.75 Å². The van der Waals surface area contributed by atoms with E-state index in [2.05, 4.69) is 10.6 Å². The molecule has 1 aliphatic rings. The maximum atomic E-state index is 12.5. The Hall–Kier alpha value is -3.55. The van der Waals surface area contributed by atoms with Crippen LogP contribution >= 0.6 is 0 Å². The Bertz CT molecular complexity index is 912. The number of anilines is 1. The molecule has 1 fully saturated rings. The Balaban J connectivity index is 1.53. The van der Waals surface area contributed by atoms with Crippen LogP contribution in [0.15, 0.2) is 48.5 Å². The molecule has 1 aliphatic heterocycles. The summed E-state index contributed by atoms with van der Waals surface area (Å²) >= 11 is 0. The predicted molar refractivity (Wildman–Crippen MR) is 113 cm³/mol. The van der Waals surface area contributed by atoms with Gasteiger partial charge in [0.15, 0.2) is 6.61 Å². The monoisotopic (exact) mass is 410 g/mol. The quantitative estimate of drug-likeness (QED) is 0.711. The second-order valence-corrected chi connectivity index (χ2v) is 7.23. The third-order valence-corrected chi connectivity index (χ3v) is 4.75. The molecule has 0 radical (unpaired) electrons. The van der Waals surface area contributed by atoms with Gasteiger partial charge in [-0.15, -0.1) is 0 Å². The van der Waals surface area contributed by atoms with Crippen molar-refractivity contribution in [2.75, 3.05) is 45.2 Å². The lowest BCUT2D eigenvalue weighted by molar-refractivity contribution is -0.130. The minimum absolute atomic E-state index is 0.0230. The normalized spacial score (nSPS) is 13.4. The number of carbonyl (C=O) groups is 3. The van der Waals surface area contributed by atoms with Gasteiger partial charge in [0.2, 0.25) is 5.91 Å². The highest BCUT2D eigenvalue weighted by molar-refractivity contribution is 5.94. The van der Waals surface area contributed by atoms with Crippen LogP contribution in [0.4, 0.5) is 5.69 Å². The Labute approximate surface area is 175 Å². The number of likely N-dealkylation sites (N-methyl/N-ethyl adjacent to an activating group) is 1. The third-order valence-electron chi connectivity index (χ3n) is 4.75. The van der Waals surface area contributed by atoms with E-state index in [1.807, 2.05) is 29.2 Å². The van der Waals surface area contributed by atoms with Gasteiger partial charge in [0.05, 0.1) is 6.54 Å². The van der Waals surface area contributed by atoms with Gasteiger partial charge in [0.1, 0.15) is 5.75 Å². The van der Waals surface area contributed by atoms with Gasteiger partial charge in [-0.2, -0.15) is 0 Å². The van der Waals surface area contributed by atoms with E-state index in [0.29, 0.717) is 30.9 Å². The summed E-state index contributed by atoms with van der Waals surface area (Å²) in [6.07, 6.45) is 0. The van der Waals surface area contributed by atoms with Gasteiger partial charge in [0, 0.05) is 45.0 Å². The molecular weight excluding hydrogens is 384 g/mol. The Morgan fingerprint density at radius 2 is 1.93 bits per heavy atom. The number of carbonyl (C=O) groups excluding carboxylic acids is 3. The molecule has 0 aromatic heterocycles. The molecule has 8 nitrogen and oxygen atoms in total. The molecule has 2 N–H and O–H groups in total. The summed E-state index contributed by atoms with van der Waals surface area (Å²) < 4.78 is 5.46. The number of amides is 3. The lowest BCUT2D eigenvalue weighted by Gasteiger charge is -2.28. The average molecular weight is 410 g/mol. The van der Waals surface area contributed by atoms with E-state index in [1.165, 1.54) is 4.90 Å². The van der Waals surface area contributed by atoms with Gasteiger partial charge in [-0.05, 0) is 35.9 Å². The maximum Gasteiger partial charge on any atom is 0.259 e. The summed E-state index contributed by atoms with van der Waals surface area (Å²) in [4.78, 5) is 39.1. The molecule has 0 spiro atoms. The maximum absolute atomic E-state index is 12.5. The van der Waals surface area contributed by atoms with Crippen LogP contribution in [0.3, 0.4) is 0 Å². The van der Waals surface area contributed by atoms with Crippen molar-refractivity contribution in [1.29, 1.82) is 0 Å². The van der Waals surface area contributed by atoms with E-state index >= 15 is 0 Å². The molecule has 0 saturated carbocycles. The van der Waals surface area contributed by atoms with Crippen LogP contribution in [0, 0.1) is 0 Å². The van der Waals surface area contributed by atoms with E-state index in [0.717, 1.165) is 17.8 Å². The highest BCUT2D eigenvalue weighted by atomic mass is 16.5. The first kappa shape index (κ1) is 21.2. The number of piperazine rings is 1. The summed E-state index contributed by atoms with van der Waals surface area (Å²) in [5.41, 5.74) is 2.40. The molecule has 2 aromatic rings. The predicted octanol–water partition coefficient (Wildman–Crippen LogP) is 1.02. The Morgan fingerprint density at radius 3 is 2.63 bits per heavy atom. The summed E-state index contributed by atoms with van der Waals surface area (Å²) in [6, 6.07) is 14.5. The molecule has 158 valence electrons. The van der Waals surface area contributed by atoms with Crippen molar-refractivity contribution in [2.24, 2.45) is 0 Å². The zero-order valence-electron chi connectivity index (χ0n) is 17.2. The number of hydrogen-bond acceptors (Lipinski definition) is 5. The summed E-state index contributed by atoms with van der Waals surface area (Å²) in [5.74, 6) is 0.109. The first-order valence-electron chi connectivity index (χ1n) is 9.74. The van der Waals surface area contributed by atoms with Crippen molar-refractivity contribution in [3.63, 3.8) is 0 Å². The fourth-order valence-electron chi connectivity index (χ4n) is 2.97. The van der Waals surface area contributed by atoms with Gasteiger partial charge in [-0.3, -0.25) is 14.4 Å². The molecule has 1 saturated heterocycles. The van der Waals surface area contributed by atoms with E-state index in [1.54, 1.807) is 38.4 Å². The van der Waals surface area contributed by atoms with Gasteiger partial charge < -0.3 is 25.2 Å². The SMILES string of the molecule is CN(C)C(=O)COc1cccc(C(=O)NCc2ccc(N3CCNC(=O)C3)cc2)c1. The second kappa shape index (κ2) is 9.78. The number of nitrogens with zero attached hydrogens (tertiary/aromatic N) is 2. The first-order valence-corrected chi connectivity index (χ1v) is 9.74. The lowest BCUT2D eigenvalue weighted by atomic mass is 10.1. The van der Waals surface area contributed by atoms with Crippen molar-refractivity contribution >= 4 is 23.4 Å². The summed E-state index contributed by atoms with van der Waals surface area (Å²) in [5, 5.41) is 5.69. The number of ether oxygens (including phenoxy) is 1. The standard InChI is InChI=1S/C22H26N4O4/c1-25(2)21(28)15-30-19-5-3-4-17(12-19)22(29)24-13-16-6-8-18(9-7-16)26-11-10-23-20(27)14-26/h3-9,12H,10-11,13-15H2,1-2H3,(H,23,27)(H,24,29). The van der Waals surface area contributed by atoms with Crippen molar-refractivity contribution in [3.8, 4) is 5.75 Å². The van der Waals surface area contributed by atoms with Crippen LogP contribution in [0.2, 0.25) is 0 Å². The van der Waals surface area contributed by atoms with E-state index in [4.69, 9.17) is 4.74 Å². The van der Waals surface area contributed by atoms with Crippen LogP contribution < -0.4 is 20.3 Å². The molecule has 3 amide bonds. The van der Waals surface area contributed by atoms with E-state index < -0.39 is 0 Å². The zero-order valence-corrected chi connectivity index (χ0v) is 17.2. The molecular formula is C22H26N4O4. The second-order valence-electron chi connectivity index (χ2n) is 7.23. The molecule has 2 aromatic carbocycles. The average Bonchev–Trinajstić information content (AvgIpc) is 2.76. The molecule has 3 rings (SSSR count). The molecule has 0 aliphatic carbocycles.